The van der Waals surface area contributed by atoms with Crippen molar-refractivity contribution in [3.05, 3.63) is 71.4 Å². The summed E-state index contributed by atoms with van der Waals surface area (Å²) in [7, 11) is 1.65. The number of rotatable bonds is 4. The molecule has 2 aromatic carbocycles. The molecule has 0 radical (unpaired) electrons. The Labute approximate surface area is 159 Å². The number of fused-ring (bicyclic) bond motifs is 1. The molecule has 2 heterocycles. The zero-order chi connectivity index (χ0) is 18.1. The number of ether oxygens (including phenoxy) is 1. The van der Waals surface area contributed by atoms with Gasteiger partial charge in [-0.1, -0.05) is 0 Å². The van der Waals surface area contributed by atoms with Gasteiger partial charge in [0.25, 0.3) is 0 Å². The van der Waals surface area contributed by atoms with Gasteiger partial charge in [0.1, 0.15) is 5.75 Å². The van der Waals surface area contributed by atoms with E-state index < -0.39 is 0 Å². The molecular formula is C20H17BrN4O. The maximum atomic E-state index is 5.37. The second-order valence-corrected chi connectivity index (χ2v) is 6.87. The summed E-state index contributed by atoms with van der Waals surface area (Å²) in [4.78, 5) is 8.58. The summed E-state index contributed by atoms with van der Waals surface area (Å²) in [6.07, 6.45) is 7.30. The molecule has 0 atom stereocenters. The van der Waals surface area contributed by atoms with Gasteiger partial charge in [-0.05, 0) is 58.7 Å². The summed E-state index contributed by atoms with van der Waals surface area (Å²) < 4.78 is 8.25. The molecule has 0 aliphatic heterocycles. The number of benzene rings is 2. The number of nitrogens with zero attached hydrogens (tertiary/aromatic N) is 3. The highest BCUT2D eigenvalue weighted by atomic mass is 79.9. The number of halogens is 1. The summed E-state index contributed by atoms with van der Waals surface area (Å²) in [5.41, 5.74) is 5.09. The molecule has 5 nitrogen and oxygen atoms in total. The lowest BCUT2D eigenvalue weighted by atomic mass is 10.1. The molecule has 0 spiro atoms. The largest absolute Gasteiger partial charge is 0.495 e. The fourth-order valence-electron chi connectivity index (χ4n) is 2.96. The van der Waals surface area contributed by atoms with E-state index in [4.69, 9.17) is 4.74 Å². The van der Waals surface area contributed by atoms with Gasteiger partial charge in [-0.25, -0.2) is 4.98 Å². The summed E-state index contributed by atoms with van der Waals surface area (Å²) in [5.74, 6) is 0.764. The van der Waals surface area contributed by atoms with Gasteiger partial charge >= 0.3 is 0 Å². The molecule has 0 fully saturated rings. The molecule has 0 unspecified atom stereocenters. The van der Waals surface area contributed by atoms with Gasteiger partial charge in [-0.3, -0.25) is 4.98 Å². The highest BCUT2D eigenvalue weighted by Crippen LogP contribution is 2.34. The van der Waals surface area contributed by atoms with Gasteiger partial charge in [-0.15, -0.1) is 0 Å². The quantitative estimate of drug-likeness (QED) is 0.501. The lowest BCUT2D eigenvalue weighted by Crippen LogP contribution is -1.97. The highest BCUT2D eigenvalue weighted by molar-refractivity contribution is 9.10. The third-order valence-electron chi connectivity index (χ3n) is 4.16. The van der Waals surface area contributed by atoms with E-state index in [0.29, 0.717) is 0 Å². The van der Waals surface area contributed by atoms with Crippen molar-refractivity contribution in [2.75, 3.05) is 12.4 Å². The van der Waals surface area contributed by atoms with Gasteiger partial charge in [0.05, 0.1) is 23.4 Å². The minimum Gasteiger partial charge on any atom is -0.495 e. The van der Waals surface area contributed by atoms with Crippen LogP contribution in [0.2, 0.25) is 0 Å². The molecule has 1 N–H and O–H groups in total. The van der Waals surface area contributed by atoms with Gasteiger partial charge in [0.15, 0.2) is 0 Å². The van der Waals surface area contributed by atoms with Crippen molar-refractivity contribution >= 4 is 38.2 Å². The van der Waals surface area contributed by atoms with Crippen molar-refractivity contribution in [1.29, 1.82) is 0 Å². The van der Waals surface area contributed by atoms with E-state index in [9.17, 15) is 0 Å². The van der Waals surface area contributed by atoms with Crippen LogP contribution < -0.4 is 10.1 Å². The van der Waals surface area contributed by atoms with Crippen LogP contribution in [0.1, 0.15) is 5.56 Å². The third kappa shape index (κ3) is 3.15. The molecule has 26 heavy (non-hydrogen) atoms. The second kappa shape index (κ2) is 6.80. The van der Waals surface area contributed by atoms with Crippen LogP contribution >= 0.6 is 15.9 Å². The van der Waals surface area contributed by atoms with Gasteiger partial charge < -0.3 is 14.6 Å². The lowest BCUT2D eigenvalue weighted by Gasteiger charge is -2.13. The van der Waals surface area contributed by atoms with Crippen molar-refractivity contribution in [2.24, 2.45) is 0 Å². The summed E-state index contributed by atoms with van der Waals surface area (Å²) in [5, 5.41) is 4.54. The first-order chi connectivity index (χ1) is 12.6. The van der Waals surface area contributed by atoms with E-state index in [2.05, 4.69) is 56.3 Å². The maximum Gasteiger partial charge on any atom is 0.135 e. The van der Waals surface area contributed by atoms with E-state index in [-0.39, 0.29) is 0 Å². The van der Waals surface area contributed by atoms with Crippen LogP contribution in [0.4, 0.5) is 11.4 Å². The predicted molar refractivity (Wildman–Crippen MR) is 108 cm³/mol. The fourth-order valence-corrected chi connectivity index (χ4v) is 3.47. The molecule has 130 valence electrons. The molecule has 0 saturated heterocycles. The number of pyridine rings is 1. The summed E-state index contributed by atoms with van der Waals surface area (Å²) >= 11 is 3.56. The van der Waals surface area contributed by atoms with Crippen LogP contribution in [-0.2, 0) is 0 Å². The molecule has 0 saturated carbocycles. The Morgan fingerprint density at radius 1 is 1.12 bits per heavy atom. The van der Waals surface area contributed by atoms with E-state index in [1.165, 1.54) is 5.56 Å². The molecule has 0 amide bonds. The van der Waals surface area contributed by atoms with E-state index in [1.54, 1.807) is 25.8 Å². The van der Waals surface area contributed by atoms with Crippen LogP contribution in [-0.4, -0.2) is 21.6 Å². The molecular weight excluding hydrogens is 392 g/mol. The first kappa shape index (κ1) is 16.6. The van der Waals surface area contributed by atoms with E-state index >= 15 is 0 Å². The third-order valence-corrected chi connectivity index (χ3v) is 4.78. The van der Waals surface area contributed by atoms with Crippen molar-refractivity contribution in [3.63, 3.8) is 0 Å². The smallest absolute Gasteiger partial charge is 0.135 e. The Kier molecular flexibility index (Phi) is 4.34. The molecule has 0 aliphatic rings. The topological polar surface area (TPSA) is 52.0 Å². The second-order valence-electron chi connectivity index (χ2n) is 6.01. The fraction of sp³-hybridized carbons (Fsp3) is 0.100. The molecule has 0 aliphatic carbocycles. The van der Waals surface area contributed by atoms with E-state index in [1.807, 2.05) is 29.0 Å². The van der Waals surface area contributed by atoms with Gasteiger partial charge in [0, 0.05) is 47.1 Å². The minimum absolute atomic E-state index is 0.764. The van der Waals surface area contributed by atoms with Gasteiger partial charge in [-0.2, -0.15) is 0 Å². The number of methoxy groups -OCH3 is 1. The summed E-state index contributed by atoms with van der Waals surface area (Å²) in [6, 6.07) is 12.3. The number of aromatic nitrogens is 3. The van der Waals surface area contributed by atoms with Crippen LogP contribution in [0.3, 0.4) is 0 Å². The van der Waals surface area contributed by atoms with Crippen molar-refractivity contribution < 1.29 is 4.74 Å². The first-order valence-electron chi connectivity index (χ1n) is 8.13. The van der Waals surface area contributed by atoms with E-state index in [0.717, 1.165) is 38.2 Å². The van der Waals surface area contributed by atoms with Crippen molar-refractivity contribution in [2.45, 2.75) is 6.92 Å². The molecule has 4 rings (SSSR count). The zero-order valence-corrected chi connectivity index (χ0v) is 16.0. The monoisotopic (exact) mass is 408 g/mol. The Morgan fingerprint density at radius 3 is 2.77 bits per heavy atom. The Hall–Kier alpha value is -2.86. The molecule has 4 aromatic rings. The Balaban J connectivity index is 1.77. The predicted octanol–water partition coefficient (Wildman–Crippen LogP) is 5.24. The number of hydrogen-bond acceptors (Lipinski definition) is 4. The minimum atomic E-state index is 0.764. The Morgan fingerprint density at radius 2 is 2.00 bits per heavy atom. The normalized spacial score (nSPS) is 10.9. The molecule has 6 heteroatoms. The average Bonchev–Trinajstić information content (AvgIpc) is 3.16. The zero-order valence-electron chi connectivity index (χ0n) is 14.4. The molecule has 2 aromatic heterocycles. The van der Waals surface area contributed by atoms with Crippen LogP contribution in [0, 0.1) is 6.92 Å². The summed E-state index contributed by atoms with van der Waals surface area (Å²) in [6.45, 7) is 2.08. The highest BCUT2D eigenvalue weighted by Gasteiger charge is 2.09. The standard InChI is InChI=1S/C20H17BrN4O/c1-13-7-14(9-15(8-13)25-6-5-22-12-25)24-18-3-4-23-19-11-20(26-2)17(21)10-16(18)19/h3-12H,1-2H3,(H,23,24). The maximum absolute atomic E-state index is 5.37. The first-order valence-corrected chi connectivity index (χ1v) is 8.92. The van der Waals surface area contributed by atoms with Gasteiger partial charge in [0.2, 0.25) is 0 Å². The Bertz CT molecular complexity index is 1080. The SMILES string of the molecule is COc1cc2nccc(Nc3cc(C)cc(-n4ccnc4)c3)c2cc1Br. The number of anilines is 2. The number of nitrogens with one attached hydrogen (secondary N) is 1. The van der Waals surface area contributed by atoms with Crippen LogP contribution in [0.25, 0.3) is 16.6 Å². The number of aryl methyl sites for hydroxylation is 1. The van der Waals surface area contributed by atoms with Crippen LogP contribution in [0.5, 0.6) is 5.75 Å². The lowest BCUT2D eigenvalue weighted by molar-refractivity contribution is 0.412. The average molecular weight is 409 g/mol. The van der Waals surface area contributed by atoms with Crippen molar-refractivity contribution in [1.82, 2.24) is 14.5 Å². The molecule has 0 bridgehead atoms. The number of hydrogen-bond donors (Lipinski definition) is 1. The van der Waals surface area contributed by atoms with Crippen LogP contribution in [0.15, 0.2) is 65.8 Å². The van der Waals surface area contributed by atoms with Crippen molar-refractivity contribution in [3.8, 4) is 11.4 Å². The number of imidazole rings is 1.